The summed E-state index contributed by atoms with van der Waals surface area (Å²) in [6, 6.07) is 9.06. The maximum Gasteiger partial charge on any atom is 0.256 e. The first kappa shape index (κ1) is 15.3. The molecule has 1 N–H and O–H groups in total. The Morgan fingerprint density at radius 1 is 1.12 bits per heavy atom. The predicted octanol–water partition coefficient (Wildman–Crippen LogP) is 2.39. The fourth-order valence-electron chi connectivity index (χ4n) is 3.22. The molecular formula is C18H21N3O3. The van der Waals surface area contributed by atoms with Gasteiger partial charge in [-0.1, -0.05) is 35.5 Å². The third-order valence-corrected chi connectivity index (χ3v) is 4.91. The Labute approximate surface area is 140 Å². The standard InChI is InChI=1S/C18H21N3O3/c22-15(12-4-2-1-3-5-12)18(23)21-10-8-13(9-11-21)16-19-17(24-20-16)14-6-7-14/h1-5,13-15,22H,6-11H2. The van der Waals surface area contributed by atoms with E-state index in [0.717, 1.165) is 37.4 Å². The molecule has 24 heavy (non-hydrogen) atoms. The van der Waals surface area contributed by atoms with Gasteiger partial charge in [-0.25, -0.2) is 0 Å². The van der Waals surface area contributed by atoms with Crippen molar-refractivity contribution < 1.29 is 14.4 Å². The van der Waals surface area contributed by atoms with E-state index in [-0.39, 0.29) is 11.8 Å². The number of carbonyl (C=O) groups is 1. The summed E-state index contributed by atoms with van der Waals surface area (Å²) in [5.41, 5.74) is 0.636. The summed E-state index contributed by atoms with van der Waals surface area (Å²) < 4.78 is 5.33. The first-order valence-electron chi connectivity index (χ1n) is 8.57. The van der Waals surface area contributed by atoms with Crippen molar-refractivity contribution in [3.8, 4) is 0 Å². The van der Waals surface area contributed by atoms with Crippen molar-refractivity contribution in [2.75, 3.05) is 13.1 Å². The van der Waals surface area contributed by atoms with Crippen LogP contribution in [0.3, 0.4) is 0 Å². The molecule has 1 amide bonds. The molecule has 1 unspecified atom stereocenters. The topological polar surface area (TPSA) is 79.5 Å². The first-order chi connectivity index (χ1) is 11.7. The Bertz CT molecular complexity index is 703. The van der Waals surface area contributed by atoms with Crippen molar-refractivity contribution in [3.05, 3.63) is 47.6 Å². The monoisotopic (exact) mass is 327 g/mol. The van der Waals surface area contributed by atoms with Crippen LogP contribution in [-0.4, -0.2) is 39.1 Å². The van der Waals surface area contributed by atoms with Crippen molar-refractivity contribution in [1.29, 1.82) is 0 Å². The average Bonchev–Trinajstić information content (AvgIpc) is 3.38. The SMILES string of the molecule is O=C(C(O)c1ccccc1)N1CCC(c2noc(C3CC3)n2)CC1. The minimum Gasteiger partial charge on any atom is -0.378 e. The average molecular weight is 327 g/mol. The van der Waals surface area contributed by atoms with E-state index >= 15 is 0 Å². The summed E-state index contributed by atoms with van der Waals surface area (Å²) in [5.74, 6) is 2.01. The molecule has 2 heterocycles. The molecule has 126 valence electrons. The number of likely N-dealkylation sites (tertiary alicyclic amines) is 1. The van der Waals surface area contributed by atoms with Crippen molar-refractivity contribution in [3.63, 3.8) is 0 Å². The van der Waals surface area contributed by atoms with Crippen LogP contribution in [0.5, 0.6) is 0 Å². The van der Waals surface area contributed by atoms with Crippen LogP contribution in [0, 0.1) is 0 Å². The number of aromatic nitrogens is 2. The Kier molecular flexibility index (Phi) is 4.06. The molecule has 1 saturated heterocycles. The smallest absolute Gasteiger partial charge is 0.256 e. The highest BCUT2D eigenvalue weighted by atomic mass is 16.5. The summed E-state index contributed by atoms with van der Waals surface area (Å²) >= 11 is 0. The number of hydrogen-bond acceptors (Lipinski definition) is 5. The van der Waals surface area contributed by atoms with Crippen LogP contribution >= 0.6 is 0 Å². The van der Waals surface area contributed by atoms with Crippen molar-refractivity contribution >= 4 is 5.91 Å². The second kappa shape index (κ2) is 6.36. The molecular weight excluding hydrogens is 306 g/mol. The van der Waals surface area contributed by atoms with Gasteiger partial charge in [-0.3, -0.25) is 4.79 Å². The number of benzene rings is 1. The van der Waals surface area contributed by atoms with Crippen LogP contribution in [-0.2, 0) is 4.79 Å². The molecule has 4 rings (SSSR count). The van der Waals surface area contributed by atoms with Crippen molar-refractivity contribution in [2.24, 2.45) is 0 Å². The summed E-state index contributed by atoms with van der Waals surface area (Å²) in [4.78, 5) is 18.7. The van der Waals surface area contributed by atoms with Crippen molar-refractivity contribution in [1.82, 2.24) is 15.0 Å². The molecule has 1 aliphatic heterocycles. The molecule has 0 radical (unpaired) electrons. The number of amides is 1. The molecule has 6 nitrogen and oxygen atoms in total. The Morgan fingerprint density at radius 3 is 2.50 bits per heavy atom. The lowest BCUT2D eigenvalue weighted by molar-refractivity contribution is -0.141. The first-order valence-corrected chi connectivity index (χ1v) is 8.57. The molecule has 1 aromatic heterocycles. The molecule has 2 aromatic rings. The lowest BCUT2D eigenvalue weighted by Crippen LogP contribution is -2.40. The van der Waals surface area contributed by atoms with E-state index in [4.69, 9.17) is 4.52 Å². The van der Waals surface area contributed by atoms with Crippen LogP contribution in [0.25, 0.3) is 0 Å². The third-order valence-electron chi connectivity index (χ3n) is 4.91. The van der Waals surface area contributed by atoms with Gasteiger partial charge in [0.1, 0.15) is 0 Å². The lowest BCUT2D eigenvalue weighted by Gasteiger charge is -2.32. The van der Waals surface area contributed by atoms with E-state index < -0.39 is 6.10 Å². The largest absolute Gasteiger partial charge is 0.378 e. The molecule has 0 bridgehead atoms. The van der Waals surface area contributed by atoms with Gasteiger partial charge in [0, 0.05) is 24.9 Å². The molecule has 1 saturated carbocycles. The van der Waals surface area contributed by atoms with E-state index in [2.05, 4.69) is 10.1 Å². The van der Waals surface area contributed by atoms with E-state index in [9.17, 15) is 9.90 Å². The highest BCUT2D eigenvalue weighted by Gasteiger charge is 2.33. The van der Waals surface area contributed by atoms with E-state index in [1.807, 2.05) is 18.2 Å². The maximum atomic E-state index is 12.5. The number of aliphatic hydroxyl groups excluding tert-OH is 1. The normalized spacial score (nSPS) is 20.1. The fraction of sp³-hybridized carbons (Fsp3) is 0.500. The molecule has 1 atom stereocenters. The molecule has 2 aliphatic rings. The quantitative estimate of drug-likeness (QED) is 0.932. The highest BCUT2D eigenvalue weighted by Crippen LogP contribution is 2.39. The minimum atomic E-state index is -1.09. The zero-order valence-corrected chi connectivity index (χ0v) is 13.5. The highest BCUT2D eigenvalue weighted by molar-refractivity contribution is 5.82. The van der Waals surface area contributed by atoms with Gasteiger partial charge in [0.2, 0.25) is 5.89 Å². The lowest BCUT2D eigenvalue weighted by atomic mass is 9.95. The zero-order valence-electron chi connectivity index (χ0n) is 13.5. The number of rotatable bonds is 4. The van der Waals surface area contributed by atoms with Crippen LogP contribution in [0.4, 0.5) is 0 Å². The number of piperidine rings is 1. The summed E-state index contributed by atoms with van der Waals surface area (Å²) in [6.07, 6.45) is 2.81. The summed E-state index contributed by atoms with van der Waals surface area (Å²) in [6.45, 7) is 1.22. The maximum absolute atomic E-state index is 12.5. The van der Waals surface area contributed by atoms with Gasteiger partial charge in [0.05, 0.1) is 0 Å². The van der Waals surface area contributed by atoms with E-state index in [1.54, 1.807) is 17.0 Å². The third kappa shape index (κ3) is 3.06. The van der Waals surface area contributed by atoms with E-state index in [1.165, 1.54) is 0 Å². The fourth-order valence-corrected chi connectivity index (χ4v) is 3.22. The minimum absolute atomic E-state index is 0.230. The van der Waals surface area contributed by atoms with Crippen molar-refractivity contribution in [2.45, 2.75) is 43.6 Å². The van der Waals surface area contributed by atoms with Crippen LogP contribution in [0.1, 0.15) is 60.9 Å². The van der Waals surface area contributed by atoms with Gasteiger partial charge in [-0.15, -0.1) is 0 Å². The summed E-state index contributed by atoms with van der Waals surface area (Å²) in [5, 5.41) is 14.4. The number of nitrogens with zero attached hydrogens (tertiary/aromatic N) is 3. The Hall–Kier alpha value is -2.21. The van der Waals surface area contributed by atoms with Gasteiger partial charge < -0.3 is 14.5 Å². The number of hydrogen-bond donors (Lipinski definition) is 1. The van der Waals surface area contributed by atoms with Crippen LogP contribution in [0.2, 0.25) is 0 Å². The molecule has 6 heteroatoms. The molecule has 0 spiro atoms. The number of aliphatic hydroxyl groups is 1. The van der Waals surface area contributed by atoms with Gasteiger partial charge >= 0.3 is 0 Å². The van der Waals surface area contributed by atoms with E-state index in [0.29, 0.717) is 24.6 Å². The number of carbonyl (C=O) groups excluding carboxylic acids is 1. The zero-order chi connectivity index (χ0) is 16.5. The Balaban J connectivity index is 1.35. The second-order valence-corrected chi connectivity index (χ2v) is 6.68. The molecule has 1 aliphatic carbocycles. The molecule has 2 fully saturated rings. The Morgan fingerprint density at radius 2 is 1.83 bits per heavy atom. The predicted molar refractivity (Wildman–Crippen MR) is 86.2 cm³/mol. The van der Waals surface area contributed by atoms with Crippen LogP contribution in [0.15, 0.2) is 34.9 Å². The van der Waals surface area contributed by atoms with Gasteiger partial charge in [-0.2, -0.15) is 4.98 Å². The molecule has 1 aromatic carbocycles. The second-order valence-electron chi connectivity index (χ2n) is 6.68. The van der Waals surface area contributed by atoms with Gasteiger partial charge in [0.15, 0.2) is 11.9 Å². The van der Waals surface area contributed by atoms with Crippen LogP contribution < -0.4 is 0 Å². The van der Waals surface area contributed by atoms with Gasteiger partial charge in [0.25, 0.3) is 5.91 Å². The van der Waals surface area contributed by atoms with Gasteiger partial charge in [-0.05, 0) is 31.2 Å². The summed E-state index contributed by atoms with van der Waals surface area (Å²) in [7, 11) is 0.